The van der Waals surface area contributed by atoms with Gasteiger partial charge in [-0.1, -0.05) is 0 Å². The average molecular weight is 190 g/mol. The summed E-state index contributed by atoms with van der Waals surface area (Å²) in [5.74, 6) is 0. The van der Waals surface area contributed by atoms with Gasteiger partial charge in [0.2, 0.25) is 0 Å². The molecule has 0 aliphatic heterocycles. The van der Waals surface area contributed by atoms with Crippen LogP contribution >= 0.6 is 0 Å². The van der Waals surface area contributed by atoms with E-state index >= 15 is 0 Å². The molecule has 3 nitrogen and oxygen atoms in total. The number of aromatic nitrogens is 2. The van der Waals surface area contributed by atoms with Crippen LogP contribution in [0.5, 0.6) is 6.01 Å². The Kier molecular flexibility index (Phi) is 2.15. The standard InChI is InChI=1S/C11H14N2O/c1-4-14-11-12-9-5-7(2)8(3)6-10(9)13-11/h5-6H,4H2,1-3H3,(H,12,13). The summed E-state index contributed by atoms with van der Waals surface area (Å²) >= 11 is 0. The minimum atomic E-state index is 0.604. The van der Waals surface area contributed by atoms with E-state index in [0.29, 0.717) is 12.6 Å². The number of nitrogens with one attached hydrogen (secondary N) is 1. The van der Waals surface area contributed by atoms with Crippen LogP contribution in [0.15, 0.2) is 12.1 Å². The van der Waals surface area contributed by atoms with Crippen molar-refractivity contribution >= 4 is 11.0 Å². The highest BCUT2D eigenvalue weighted by Crippen LogP contribution is 2.19. The molecule has 14 heavy (non-hydrogen) atoms. The Morgan fingerprint density at radius 1 is 1.29 bits per heavy atom. The van der Waals surface area contributed by atoms with E-state index in [1.54, 1.807) is 0 Å². The van der Waals surface area contributed by atoms with Crippen molar-refractivity contribution in [2.24, 2.45) is 0 Å². The van der Waals surface area contributed by atoms with E-state index in [9.17, 15) is 0 Å². The van der Waals surface area contributed by atoms with E-state index in [1.165, 1.54) is 11.1 Å². The Hall–Kier alpha value is -1.51. The van der Waals surface area contributed by atoms with Gasteiger partial charge in [-0.25, -0.2) is 0 Å². The number of nitrogens with zero attached hydrogens (tertiary/aromatic N) is 1. The van der Waals surface area contributed by atoms with Gasteiger partial charge < -0.3 is 9.72 Å². The van der Waals surface area contributed by atoms with Crippen molar-refractivity contribution in [3.05, 3.63) is 23.3 Å². The van der Waals surface area contributed by atoms with E-state index in [-0.39, 0.29) is 0 Å². The third-order valence-corrected chi connectivity index (χ3v) is 2.36. The van der Waals surface area contributed by atoms with Crippen molar-refractivity contribution < 1.29 is 4.74 Å². The second kappa shape index (κ2) is 3.33. The third kappa shape index (κ3) is 1.45. The Morgan fingerprint density at radius 3 is 2.71 bits per heavy atom. The van der Waals surface area contributed by atoms with Gasteiger partial charge in [0.1, 0.15) is 0 Å². The topological polar surface area (TPSA) is 37.9 Å². The fourth-order valence-electron chi connectivity index (χ4n) is 1.45. The highest BCUT2D eigenvalue weighted by Gasteiger charge is 2.04. The summed E-state index contributed by atoms with van der Waals surface area (Å²) < 4.78 is 5.30. The smallest absolute Gasteiger partial charge is 0.294 e. The van der Waals surface area contributed by atoms with Crippen molar-refractivity contribution in [3.8, 4) is 6.01 Å². The van der Waals surface area contributed by atoms with Crippen LogP contribution in [-0.2, 0) is 0 Å². The number of benzene rings is 1. The van der Waals surface area contributed by atoms with Crippen LogP contribution in [0.4, 0.5) is 0 Å². The van der Waals surface area contributed by atoms with Gasteiger partial charge in [0.05, 0.1) is 17.6 Å². The lowest BCUT2D eigenvalue weighted by atomic mass is 10.1. The number of aromatic amines is 1. The molecule has 1 aromatic heterocycles. The molecule has 0 aliphatic rings. The fraction of sp³-hybridized carbons (Fsp3) is 0.364. The number of fused-ring (bicyclic) bond motifs is 1. The van der Waals surface area contributed by atoms with Crippen LogP contribution in [0, 0.1) is 13.8 Å². The zero-order valence-electron chi connectivity index (χ0n) is 8.72. The molecule has 0 amide bonds. The molecule has 0 unspecified atom stereocenters. The summed E-state index contributed by atoms with van der Waals surface area (Å²) in [6, 6.07) is 4.77. The molecule has 0 saturated heterocycles. The predicted molar refractivity (Wildman–Crippen MR) is 56.7 cm³/mol. The molecule has 2 rings (SSSR count). The Labute approximate surface area is 83.1 Å². The van der Waals surface area contributed by atoms with Crippen molar-refractivity contribution in [1.82, 2.24) is 9.97 Å². The summed E-state index contributed by atoms with van der Waals surface area (Å²) in [4.78, 5) is 7.46. The second-order valence-corrected chi connectivity index (χ2v) is 3.43. The maximum absolute atomic E-state index is 5.30. The number of ether oxygens (including phenoxy) is 1. The molecule has 0 spiro atoms. The van der Waals surface area contributed by atoms with Crippen molar-refractivity contribution in [2.45, 2.75) is 20.8 Å². The van der Waals surface area contributed by atoms with E-state index in [1.807, 2.05) is 6.92 Å². The lowest BCUT2D eigenvalue weighted by Gasteiger charge is -1.97. The van der Waals surface area contributed by atoms with Crippen LogP contribution in [-0.4, -0.2) is 16.6 Å². The molecular weight excluding hydrogens is 176 g/mol. The normalized spacial score (nSPS) is 10.8. The molecule has 3 heteroatoms. The molecule has 0 radical (unpaired) electrons. The summed E-state index contributed by atoms with van der Waals surface area (Å²) in [6.45, 7) is 6.77. The van der Waals surface area contributed by atoms with Crippen LogP contribution in [0.3, 0.4) is 0 Å². The van der Waals surface area contributed by atoms with Crippen LogP contribution in [0.1, 0.15) is 18.1 Å². The molecule has 1 aromatic carbocycles. The number of rotatable bonds is 2. The van der Waals surface area contributed by atoms with E-state index in [4.69, 9.17) is 4.74 Å². The first-order valence-corrected chi connectivity index (χ1v) is 4.80. The first-order valence-electron chi connectivity index (χ1n) is 4.80. The Bertz CT molecular complexity index is 421. The maximum Gasteiger partial charge on any atom is 0.294 e. The van der Waals surface area contributed by atoms with Crippen molar-refractivity contribution in [3.63, 3.8) is 0 Å². The molecule has 0 aliphatic carbocycles. The largest absolute Gasteiger partial charge is 0.465 e. The van der Waals surface area contributed by atoms with Gasteiger partial charge in [0.15, 0.2) is 0 Å². The molecule has 0 atom stereocenters. The molecule has 1 heterocycles. The number of hydrogen-bond donors (Lipinski definition) is 1. The predicted octanol–water partition coefficient (Wildman–Crippen LogP) is 2.58. The monoisotopic (exact) mass is 190 g/mol. The molecule has 0 bridgehead atoms. The summed E-state index contributed by atoms with van der Waals surface area (Å²) in [7, 11) is 0. The zero-order valence-corrected chi connectivity index (χ0v) is 8.72. The number of imidazole rings is 1. The quantitative estimate of drug-likeness (QED) is 0.790. The van der Waals surface area contributed by atoms with Gasteiger partial charge >= 0.3 is 0 Å². The number of aryl methyl sites for hydroxylation is 2. The molecule has 2 aromatic rings. The highest BCUT2D eigenvalue weighted by atomic mass is 16.5. The van der Waals surface area contributed by atoms with Gasteiger partial charge in [-0.2, -0.15) is 4.98 Å². The summed E-state index contributed by atoms with van der Waals surface area (Å²) in [5, 5.41) is 0. The summed E-state index contributed by atoms with van der Waals surface area (Å²) in [5.41, 5.74) is 4.53. The average Bonchev–Trinajstić information content (AvgIpc) is 2.48. The van der Waals surface area contributed by atoms with Crippen molar-refractivity contribution in [2.75, 3.05) is 6.61 Å². The first kappa shape index (κ1) is 9.06. The Morgan fingerprint density at radius 2 is 2.00 bits per heavy atom. The SMILES string of the molecule is CCOc1nc2cc(C)c(C)cc2[nH]1. The van der Waals surface area contributed by atoms with Gasteiger partial charge in [-0.15, -0.1) is 0 Å². The zero-order chi connectivity index (χ0) is 10.1. The Balaban J connectivity index is 2.54. The van der Waals surface area contributed by atoms with Crippen molar-refractivity contribution in [1.29, 1.82) is 0 Å². The van der Waals surface area contributed by atoms with Crippen LogP contribution < -0.4 is 4.74 Å². The van der Waals surface area contributed by atoms with E-state index < -0.39 is 0 Å². The minimum absolute atomic E-state index is 0.604. The first-order chi connectivity index (χ1) is 6.70. The van der Waals surface area contributed by atoms with E-state index in [0.717, 1.165) is 11.0 Å². The van der Waals surface area contributed by atoms with Gasteiger partial charge in [0.25, 0.3) is 6.01 Å². The second-order valence-electron chi connectivity index (χ2n) is 3.43. The number of hydrogen-bond acceptors (Lipinski definition) is 2. The number of H-pyrrole nitrogens is 1. The van der Waals surface area contributed by atoms with E-state index in [2.05, 4.69) is 35.9 Å². The molecule has 0 fully saturated rings. The maximum atomic E-state index is 5.30. The fourth-order valence-corrected chi connectivity index (χ4v) is 1.45. The third-order valence-electron chi connectivity index (χ3n) is 2.36. The molecule has 74 valence electrons. The van der Waals surface area contributed by atoms with Crippen LogP contribution in [0.25, 0.3) is 11.0 Å². The molecular formula is C11H14N2O. The minimum Gasteiger partial charge on any atom is -0.465 e. The highest BCUT2D eigenvalue weighted by molar-refractivity contribution is 5.77. The molecule has 1 N–H and O–H groups in total. The van der Waals surface area contributed by atoms with Gasteiger partial charge in [0, 0.05) is 0 Å². The summed E-state index contributed by atoms with van der Waals surface area (Å²) in [6.07, 6.45) is 0. The lowest BCUT2D eigenvalue weighted by Crippen LogP contribution is -1.92. The van der Waals surface area contributed by atoms with Gasteiger partial charge in [-0.05, 0) is 44.0 Å². The van der Waals surface area contributed by atoms with Crippen LogP contribution in [0.2, 0.25) is 0 Å². The van der Waals surface area contributed by atoms with Gasteiger partial charge in [-0.3, -0.25) is 0 Å². The molecule has 0 saturated carbocycles. The lowest BCUT2D eigenvalue weighted by molar-refractivity contribution is 0.317.